The lowest BCUT2D eigenvalue weighted by atomic mass is 9.73. The molecule has 1 aromatic rings. The van der Waals surface area contributed by atoms with Crippen molar-refractivity contribution in [2.75, 3.05) is 13.7 Å². The van der Waals surface area contributed by atoms with Gasteiger partial charge in [0.1, 0.15) is 11.9 Å². The van der Waals surface area contributed by atoms with E-state index in [1.165, 1.54) is 12.7 Å². The summed E-state index contributed by atoms with van der Waals surface area (Å²) >= 11 is 0. The van der Waals surface area contributed by atoms with Gasteiger partial charge in [-0.25, -0.2) is 4.79 Å². The third-order valence-electron chi connectivity index (χ3n) is 7.73. The van der Waals surface area contributed by atoms with Crippen molar-refractivity contribution in [1.82, 2.24) is 0 Å². The van der Waals surface area contributed by atoms with Gasteiger partial charge in [-0.05, 0) is 79.4 Å². The van der Waals surface area contributed by atoms with Gasteiger partial charge in [0.2, 0.25) is 0 Å². The van der Waals surface area contributed by atoms with E-state index in [9.17, 15) is 14.7 Å². The van der Waals surface area contributed by atoms with Crippen molar-refractivity contribution in [2.45, 2.75) is 97.2 Å². The zero-order chi connectivity index (χ0) is 25.4. The Morgan fingerprint density at radius 1 is 1.11 bits per heavy atom. The van der Waals surface area contributed by atoms with Gasteiger partial charge in [0.15, 0.2) is 6.61 Å². The molecule has 0 bridgehead atoms. The van der Waals surface area contributed by atoms with Crippen molar-refractivity contribution in [3.05, 3.63) is 29.3 Å². The van der Waals surface area contributed by atoms with Crippen LogP contribution in [0.2, 0.25) is 0 Å². The molecule has 0 saturated heterocycles. The van der Waals surface area contributed by atoms with Crippen LogP contribution in [-0.4, -0.2) is 43.0 Å². The number of hydrogen-bond donors (Lipinski definition) is 1. The molecule has 2 aliphatic carbocycles. The molecule has 1 saturated carbocycles. The van der Waals surface area contributed by atoms with E-state index in [1.54, 1.807) is 0 Å². The predicted octanol–water partition coefficient (Wildman–Crippen LogP) is 5.27. The normalized spacial score (nSPS) is 23.9. The predicted molar refractivity (Wildman–Crippen MR) is 135 cm³/mol. The van der Waals surface area contributed by atoms with E-state index in [0.29, 0.717) is 18.3 Å². The number of esters is 2. The quantitative estimate of drug-likeness (QED) is 0.301. The van der Waals surface area contributed by atoms with Gasteiger partial charge in [0.05, 0.1) is 13.2 Å². The number of ether oxygens (including phenoxy) is 3. The van der Waals surface area contributed by atoms with E-state index in [4.69, 9.17) is 14.2 Å². The van der Waals surface area contributed by atoms with Gasteiger partial charge in [-0.1, -0.05) is 52.2 Å². The van der Waals surface area contributed by atoms with Crippen molar-refractivity contribution >= 4 is 11.9 Å². The van der Waals surface area contributed by atoms with Crippen LogP contribution in [0.15, 0.2) is 18.2 Å². The maximum Gasteiger partial charge on any atom is 0.343 e. The minimum atomic E-state index is -0.396. The topological polar surface area (TPSA) is 82.1 Å². The second kappa shape index (κ2) is 13.3. The molecule has 1 N–H and O–H groups in total. The first-order valence-electron chi connectivity index (χ1n) is 13.5. The molecule has 2 aliphatic rings. The van der Waals surface area contributed by atoms with E-state index >= 15 is 0 Å². The first-order valence-corrected chi connectivity index (χ1v) is 13.5. The molecule has 6 heteroatoms. The van der Waals surface area contributed by atoms with Crippen LogP contribution < -0.4 is 4.74 Å². The summed E-state index contributed by atoms with van der Waals surface area (Å²) in [5, 5.41) is 10.6. The minimum Gasteiger partial charge on any atom is -0.482 e. The fourth-order valence-corrected chi connectivity index (χ4v) is 5.95. The Bertz CT molecular complexity index is 834. The summed E-state index contributed by atoms with van der Waals surface area (Å²) < 4.78 is 16.6. The lowest BCUT2D eigenvalue weighted by molar-refractivity contribution is -0.152. The zero-order valence-corrected chi connectivity index (χ0v) is 22.0. The number of benzene rings is 1. The molecule has 35 heavy (non-hydrogen) atoms. The standard InChI is InChI=1S/C29H44O6/c1-5-6-7-10-22(30)12-13-23-24-15-20-9-8-11-26(34-18-29(32)33-4)25(20)16-21(24)17-27(23)35-28(31)14-19(2)3/h8-9,11,19,21-24,27,30H,5-7,10,12-18H2,1-4H3. The molecular weight excluding hydrogens is 444 g/mol. The number of methoxy groups -OCH3 is 1. The number of aliphatic hydroxyl groups is 1. The summed E-state index contributed by atoms with van der Waals surface area (Å²) in [7, 11) is 1.36. The van der Waals surface area contributed by atoms with Crippen LogP contribution in [0.25, 0.3) is 0 Å². The summed E-state index contributed by atoms with van der Waals surface area (Å²) in [6, 6.07) is 6.04. The summed E-state index contributed by atoms with van der Waals surface area (Å²) in [5.74, 6) is 1.56. The fraction of sp³-hybridized carbons (Fsp3) is 0.724. The Morgan fingerprint density at radius 2 is 1.91 bits per heavy atom. The van der Waals surface area contributed by atoms with Crippen LogP contribution in [0.4, 0.5) is 0 Å². The number of fused-ring (bicyclic) bond motifs is 2. The number of unbranched alkanes of at least 4 members (excludes halogenated alkanes) is 2. The molecule has 5 unspecified atom stereocenters. The largest absolute Gasteiger partial charge is 0.482 e. The van der Waals surface area contributed by atoms with Gasteiger partial charge in [-0.2, -0.15) is 0 Å². The summed E-state index contributed by atoms with van der Waals surface area (Å²) in [4.78, 5) is 24.2. The van der Waals surface area contributed by atoms with Gasteiger partial charge in [-0.15, -0.1) is 0 Å². The number of hydrogen-bond acceptors (Lipinski definition) is 6. The number of rotatable bonds is 13. The molecule has 5 atom stereocenters. The summed E-state index contributed by atoms with van der Waals surface area (Å²) in [6.45, 7) is 6.14. The van der Waals surface area contributed by atoms with Gasteiger partial charge in [0, 0.05) is 6.42 Å². The molecule has 0 spiro atoms. The Morgan fingerprint density at radius 3 is 2.63 bits per heavy atom. The second-order valence-electron chi connectivity index (χ2n) is 10.8. The lowest BCUT2D eigenvalue weighted by Crippen LogP contribution is -2.30. The van der Waals surface area contributed by atoms with Crippen molar-refractivity contribution in [3.63, 3.8) is 0 Å². The van der Waals surface area contributed by atoms with Crippen LogP contribution >= 0.6 is 0 Å². The SMILES string of the molecule is CCCCCC(O)CCC1C(OC(=O)CC(C)C)CC2Cc3c(cccc3OCC(=O)OC)CC21. The molecule has 196 valence electrons. The molecule has 0 heterocycles. The minimum absolute atomic E-state index is 0.102. The molecule has 0 amide bonds. The number of carbonyl (C=O) groups is 2. The number of aliphatic hydroxyl groups excluding tert-OH is 1. The van der Waals surface area contributed by atoms with Crippen LogP contribution in [0.1, 0.15) is 83.3 Å². The van der Waals surface area contributed by atoms with Crippen molar-refractivity contribution in [1.29, 1.82) is 0 Å². The first-order chi connectivity index (χ1) is 16.8. The Balaban J connectivity index is 1.73. The Kier molecular flexibility index (Phi) is 10.4. The van der Waals surface area contributed by atoms with Crippen LogP contribution in [-0.2, 0) is 31.9 Å². The molecular formula is C29H44O6. The van der Waals surface area contributed by atoms with Crippen molar-refractivity contribution < 1.29 is 28.9 Å². The zero-order valence-electron chi connectivity index (χ0n) is 22.0. The van der Waals surface area contributed by atoms with E-state index in [2.05, 4.69) is 13.0 Å². The Hall–Kier alpha value is -2.08. The molecule has 3 rings (SSSR count). The Labute approximate surface area is 210 Å². The lowest BCUT2D eigenvalue weighted by Gasteiger charge is -2.32. The summed E-state index contributed by atoms with van der Waals surface area (Å²) in [6.07, 6.45) is 8.48. The van der Waals surface area contributed by atoms with Gasteiger partial charge < -0.3 is 19.3 Å². The third-order valence-corrected chi connectivity index (χ3v) is 7.73. The average molecular weight is 489 g/mol. The third kappa shape index (κ3) is 7.70. The molecule has 1 fully saturated rings. The molecule has 1 aromatic carbocycles. The van der Waals surface area contributed by atoms with Gasteiger partial charge in [0.25, 0.3) is 0 Å². The smallest absolute Gasteiger partial charge is 0.343 e. The van der Waals surface area contributed by atoms with Gasteiger partial charge in [-0.3, -0.25) is 4.79 Å². The maximum absolute atomic E-state index is 12.6. The van der Waals surface area contributed by atoms with E-state index < -0.39 is 5.97 Å². The molecule has 6 nitrogen and oxygen atoms in total. The van der Waals surface area contributed by atoms with Crippen LogP contribution in [0.5, 0.6) is 5.75 Å². The summed E-state index contributed by atoms with van der Waals surface area (Å²) in [5.41, 5.74) is 2.40. The second-order valence-corrected chi connectivity index (χ2v) is 10.8. The maximum atomic E-state index is 12.6. The highest BCUT2D eigenvalue weighted by Gasteiger charge is 2.47. The average Bonchev–Trinajstić information content (AvgIpc) is 3.14. The number of carbonyl (C=O) groups excluding carboxylic acids is 2. The first kappa shape index (κ1) is 27.5. The highest BCUT2D eigenvalue weighted by atomic mass is 16.6. The highest BCUT2D eigenvalue weighted by molar-refractivity contribution is 5.71. The fourth-order valence-electron chi connectivity index (χ4n) is 5.95. The molecule has 0 aromatic heterocycles. The molecule has 0 radical (unpaired) electrons. The van der Waals surface area contributed by atoms with Crippen LogP contribution in [0.3, 0.4) is 0 Å². The van der Waals surface area contributed by atoms with Crippen LogP contribution in [0, 0.1) is 23.7 Å². The van der Waals surface area contributed by atoms with E-state index in [1.807, 2.05) is 26.0 Å². The highest BCUT2D eigenvalue weighted by Crippen LogP contribution is 2.49. The van der Waals surface area contributed by atoms with E-state index in [-0.39, 0.29) is 36.6 Å². The monoisotopic (exact) mass is 488 g/mol. The van der Waals surface area contributed by atoms with Crippen molar-refractivity contribution in [2.24, 2.45) is 23.7 Å². The molecule has 0 aliphatic heterocycles. The van der Waals surface area contributed by atoms with E-state index in [0.717, 1.165) is 69.1 Å². The van der Waals surface area contributed by atoms with Gasteiger partial charge >= 0.3 is 11.9 Å². The van der Waals surface area contributed by atoms with Crippen molar-refractivity contribution in [3.8, 4) is 5.75 Å².